The molecule has 1 aromatic rings. The number of aromatic nitrogens is 2. The van der Waals surface area contributed by atoms with Crippen molar-refractivity contribution in [2.75, 3.05) is 0 Å². The SMILES string of the molecule is Cn1c[c-]cn1.[Li+]. The summed E-state index contributed by atoms with van der Waals surface area (Å²) in [6, 6.07) is 2.78. The van der Waals surface area contributed by atoms with Crippen molar-refractivity contribution < 1.29 is 18.9 Å². The second kappa shape index (κ2) is 2.90. The summed E-state index contributed by atoms with van der Waals surface area (Å²) in [5.74, 6) is 0. The van der Waals surface area contributed by atoms with Gasteiger partial charge in [0.05, 0.1) is 0 Å². The molecule has 1 aromatic heterocycles. The normalized spacial score (nSPS) is 7.57. The Labute approximate surface area is 54.7 Å². The molecule has 0 atom stereocenters. The standard InChI is InChI=1S/C4H5N2.Li/c1-6-4-2-3-5-6;/h3-4H,1H3;/q-1;+1. The second-order valence-electron chi connectivity index (χ2n) is 1.11. The molecular formula is C4H5LiN2. The maximum absolute atomic E-state index is 3.78. The molecule has 0 aliphatic carbocycles. The number of rotatable bonds is 0. The summed E-state index contributed by atoms with van der Waals surface area (Å²) < 4.78 is 1.69. The average Bonchev–Trinajstić information content (AvgIpc) is 1.86. The van der Waals surface area contributed by atoms with E-state index < -0.39 is 0 Å². The van der Waals surface area contributed by atoms with Crippen molar-refractivity contribution in [1.29, 1.82) is 0 Å². The minimum atomic E-state index is 0. The van der Waals surface area contributed by atoms with Crippen LogP contribution in [-0.2, 0) is 7.05 Å². The van der Waals surface area contributed by atoms with Crippen LogP contribution in [0, 0.1) is 6.07 Å². The van der Waals surface area contributed by atoms with Crippen LogP contribution >= 0.6 is 0 Å². The molecule has 0 bridgehead atoms. The molecule has 0 saturated heterocycles. The average molecular weight is 88.0 g/mol. The van der Waals surface area contributed by atoms with Gasteiger partial charge in [-0.25, -0.2) is 5.10 Å². The van der Waals surface area contributed by atoms with E-state index in [4.69, 9.17) is 0 Å². The first-order valence-corrected chi connectivity index (χ1v) is 1.74. The first-order valence-electron chi connectivity index (χ1n) is 1.74. The van der Waals surface area contributed by atoms with Gasteiger partial charge in [0.25, 0.3) is 0 Å². The number of hydrogen-bond donors (Lipinski definition) is 0. The molecule has 0 amide bonds. The summed E-state index contributed by atoms with van der Waals surface area (Å²) in [5, 5.41) is 3.78. The van der Waals surface area contributed by atoms with Crippen LogP contribution in [-0.4, -0.2) is 9.78 Å². The van der Waals surface area contributed by atoms with Crippen LogP contribution < -0.4 is 18.9 Å². The maximum atomic E-state index is 3.78. The summed E-state index contributed by atoms with van der Waals surface area (Å²) in [5.41, 5.74) is 0. The van der Waals surface area contributed by atoms with Gasteiger partial charge in [-0.1, -0.05) is 0 Å². The molecule has 0 aliphatic heterocycles. The summed E-state index contributed by atoms with van der Waals surface area (Å²) >= 11 is 0. The molecule has 32 valence electrons. The van der Waals surface area contributed by atoms with Gasteiger partial charge in [0.2, 0.25) is 0 Å². The Bertz CT molecular complexity index is 113. The van der Waals surface area contributed by atoms with Crippen molar-refractivity contribution in [1.82, 2.24) is 9.78 Å². The number of hydrogen-bond acceptors (Lipinski definition) is 1. The van der Waals surface area contributed by atoms with Gasteiger partial charge < -0.3 is 10.7 Å². The molecule has 0 radical (unpaired) electrons. The molecule has 0 N–H and O–H groups in total. The Balaban J connectivity index is 0.000000360. The fourth-order valence-electron chi connectivity index (χ4n) is 0.299. The Hall–Kier alpha value is -0.193. The van der Waals surface area contributed by atoms with E-state index in [0.717, 1.165) is 0 Å². The summed E-state index contributed by atoms with van der Waals surface area (Å²) in [6.45, 7) is 0. The minimum Gasteiger partial charge on any atom is -0.432 e. The number of aryl methyl sites for hydroxylation is 1. The van der Waals surface area contributed by atoms with E-state index in [9.17, 15) is 0 Å². The van der Waals surface area contributed by atoms with E-state index in [0.29, 0.717) is 0 Å². The number of nitrogens with zero attached hydrogens (tertiary/aromatic N) is 2. The van der Waals surface area contributed by atoms with Crippen LogP contribution in [0.25, 0.3) is 0 Å². The molecule has 0 aliphatic rings. The summed E-state index contributed by atoms with van der Waals surface area (Å²) in [4.78, 5) is 0. The molecule has 0 saturated carbocycles. The van der Waals surface area contributed by atoms with E-state index in [1.807, 2.05) is 7.05 Å². The fraction of sp³-hybridized carbons (Fsp3) is 0.250. The first kappa shape index (κ1) is 6.81. The van der Waals surface area contributed by atoms with Gasteiger partial charge in [0, 0.05) is 7.05 Å². The zero-order valence-electron chi connectivity index (χ0n) is 4.55. The second-order valence-corrected chi connectivity index (χ2v) is 1.11. The quantitative estimate of drug-likeness (QED) is 0.248. The Kier molecular flexibility index (Phi) is 2.82. The van der Waals surface area contributed by atoms with Gasteiger partial charge in [0.15, 0.2) is 0 Å². The van der Waals surface area contributed by atoms with E-state index in [2.05, 4.69) is 11.2 Å². The largest absolute Gasteiger partial charge is 1.00 e. The van der Waals surface area contributed by atoms with E-state index in [1.165, 1.54) is 0 Å². The van der Waals surface area contributed by atoms with Crippen molar-refractivity contribution in [2.45, 2.75) is 0 Å². The maximum Gasteiger partial charge on any atom is 1.00 e. The van der Waals surface area contributed by atoms with Crippen LogP contribution in [0.1, 0.15) is 0 Å². The van der Waals surface area contributed by atoms with Crippen LogP contribution in [0.15, 0.2) is 12.4 Å². The van der Waals surface area contributed by atoms with Gasteiger partial charge >= 0.3 is 18.9 Å². The molecule has 1 rings (SSSR count). The topological polar surface area (TPSA) is 17.8 Å². The molecule has 0 unspecified atom stereocenters. The zero-order valence-corrected chi connectivity index (χ0v) is 4.55. The molecule has 3 heteroatoms. The molecular weight excluding hydrogens is 83.0 g/mol. The minimum absolute atomic E-state index is 0. The van der Waals surface area contributed by atoms with E-state index in [1.54, 1.807) is 17.1 Å². The van der Waals surface area contributed by atoms with Gasteiger partial charge in [0.1, 0.15) is 0 Å². The smallest absolute Gasteiger partial charge is 0.432 e. The summed E-state index contributed by atoms with van der Waals surface area (Å²) in [7, 11) is 1.86. The van der Waals surface area contributed by atoms with Crippen molar-refractivity contribution in [3.8, 4) is 0 Å². The van der Waals surface area contributed by atoms with Crippen molar-refractivity contribution in [3.05, 3.63) is 18.5 Å². The Morgan fingerprint density at radius 3 is 2.57 bits per heavy atom. The van der Waals surface area contributed by atoms with Crippen LogP contribution in [0.3, 0.4) is 0 Å². The third-order valence-corrected chi connectivity index (χ3v) is 0.576. The third kappa shape index (κ3) is 1.82. The predicted molar refractivity (Wildman–Crippen MR) is 22.0 cm³/mol. The van der Waals surface area contributed by atoms with Gasteiger partial charge in [-0.05, 0) is 0 Å². The third-order valence-electron chi connectivity index (χ3n) is 0.576. The molecule has 0 aromatic carbocycles. The molecule has 0 spiro atoms. The Morgan fingerprint density at radius 2 is 2.43 bits per heavy atom. The van der Waals surface area contributed by atoms with E-state index >= 15 is 0 Å². The zero-order chi connectivity index (χ0) is 4.41. The molecule has 1 heterocycles. The fourth-order valence-corrected chi connectivity index (χ4v) is 0.299. The molecule has 2 nitrogen and oxygen atoms in total. The van der Waals surface area contributed by atoms with Crippen LogP contribution in [0.2, 0.25) is 0 Å². The summed E-state index contributed by atoms with van der Waals surface area (Å²) in [6.07, 6.45) is 3.39. The van der Waals surface area contributed by atoms with Gasteiger partial charge in [-0.2, -0.15) is 6.20 Å². The Morgan fingerprint density at radius 1 is 1.71 bits per heavy atom. The van der Waals surface area contributed by atoms with Gasteiger partial charge in [-0.15, -0.1) is 6.20 Å². The van der Waals surface area contributed by atoms with Crippen LogP contribution in [0.5, 0.6) is 0 Å². The molecule has 7 heavy (non-hydrogen) atoms. The van der Waals surface area contributed by atoms with Crippen molar-refractivity contribution >= 4 is 0 Å². The van der Waals surface area contributed by atoms with E-state index in [-0.39, 0.29) is 18.9 Å². The van der Waals surface area contributed by atoms with Gasteiger partial charge in [-0.3, -0.25) is 0 Å². The first-order chi connectivity index (χ1) is 2.89. The molecule has 0 fully saturated rings. The predicted octanol–water partition coefficient (Wildman–Crippen LogP) is -2.78. The monoisotopic (exact) mass is 88.1 g/mol. The van der Waals surface area contributed by atoms with Crippen molar-refractivity contribution in [2.24, 2.45) is 7.05 Å². The van der Waals surface area contributed by atoms with Crippen molar-refractivity contribution in [3.63, 3.8) is 0 Å². The van der Waals surface area contributed by atoms with Crippen LogP contribution in [0.4, 0.5) is 0 Å².